The Kier molecular flexibility index (Phi) is 4.35. The van der Waals surface area contributed by atoms with Gasteiger partial charge in [0, 0.05) is 6.07 Å². The van der Waals surface area contributed by atoms with E-state index in [4.69, 9.17) is 4.74 Å². The minimum absolute atomic E-state index is 0.120. The lowest BCUT2D eigenvalue weighted by molar-refractivity contribution is -0.274. The van der Waals surface area contributed by atoms with Gasteiger partial charge in [-0.3, -0.25) is 0 Å². The number of ether oxygens (including phenoxy) is 2. The van der Waals surface area contributed by atoms with Crippen LogP contribution in [0.15, 0.2) is 42.5 Å². The Labute approximate surface area is 118 Å². The lowest BCUT2D eigenvalue weighted by Gasteiger charge is -2.10. The molecular formula is C15H12F4O2. The largest absolute Gasteiger partial charge is 0.573 e. The first-order chi connectivity index (χ1) is 9.83. The molecule has 0 saturated heterocycles. The third kappa shape index (κ3) is 4.66. The van der Waals surface area contributed by atoms with Crippen LogP contribution in [-0.2, 0) is 6.61 Å². The van der Waals surface area contributed by atoms with Crippen molar-refractivity contribution in [1.82, 2.24) is 0 Å². The smallest absolute Gasteiger partial charge is 0.489 e. The van der Waals surface area contributed by atoms with Gasteiger partial charge in [0.15, 0.2) is 0 Å². The van der Waals surface area contributed by atoms with Crippen molar-refractivity contribution in [3.8, 4) is 11.5 Å². The van der Waals surface area contributed by atoms with E-state index >= 15 is 0 Å². The Morgan fingerprint density at radius 1 is 0.952 bits per heavy atom. The molecule has 0 atom stereocenters. The highest BCUT2D eigenvalue weighted by Gasteiger charge is 2.30. The van der Waals surface area contributed by atoms with E-state index in [1.807, 2.05) is 0 Å². The molecule has 21 heavy (non-hydrogen) atoms. The second-order valence-electron chi connectivity index (χ2n) is 4.39. The van der Waals surface area contributed by atoms with Gasteiger partial charge in [0.2, 0.25) is 0 Å². The molecule has 0 fully saturated rings. The maximum atomic E-state index is 13.3. The summed E-state index contributed by atoms with van der Waals surface area (Å²) >= 11 is 0. The molecular weight excluding hydrogens is 288 g/mol. The van der Waals surface area contributed by atoms with Gasteiger partial charge in [0.1, 0.15) is 23.9 Å². The van der Waals surface area contributed by atoms with Gasteiger partial charge in [-0.1, -0.05) is 18.2 Å². The standard InChI is InChI=1S/C15H12F4O2/c1-10-2-5-13(8-14(10)16)20-9-11-3-6-12(7-4-11)21-15(17,18)19/h2-8H,9H2,1H3. The van der Waals surface area contributed by atoms with Gasteiger partial charge in [-0.25, -0.2) is 4.39 Å². The van der Waals surface area contributed by atoms with Crippen molar-refractivity contribution in [3.63, 3.8) is 0 Å². The van der Waals surface area contributed by atoms with Crippen LogP contribution in [0.3, 0.4) is 0 Å². The van der Waals surface area contributed by atoms with Gasteiger partial charge in [-0.2, -0.15) is 0 Å². The van der Waals surface area contributed by atoms with Crippen LogP contribution in [0.2, 0.25) is 0 Å². The van der Waals surface area contributed by atoms with E-state index in [1.54, 1.807) is 19.1 Å². The van der Waals surface area contributed by atoms with Crippen LogP contribution in [0, 0.1) is 12.7 Å². The maximum absolute atomic E-state index is 13.3. The zero-order chi connectivity index (χ0) is 15.5. The first-order valence-electron chi connectivity index (χ1n) is 6.07. The van der Waals surface area contributed by atoms with E-state index in [9.17, 15) is 17.6 Å². The molecule has 0 aromatic heterocycles. The Balaban J connectivity index is 1.96. The highest BCUT2D eigenvalue weighted by Crippen LogP contribution is 2.23. The third-order valence-electron chi connectivity index (χ3n) is 2.71. The van der Waals surface area contributed by atoms with Crippen molar-refractivity contribution >= 4 is 0 Å². The maximum Gasteiger partial charge on any atom is 0.573 e. The molecule has 0 N–H and O–H groups in total. The monoisotopic (exact) mass is 300 g/mol. The van der Waals surface area contributed by atoms with E-state index in [2.05, 4.69) is 4.74 Å². The zero-order valence-electron chi connectivity index (χ0n) is 11.1. The van der Waals surface area contributed by atoms with Crippen molar-refractivity contribution in [2.24, 2.45) is 0 Å². The highest BCUT2D eigenvalue weighted by atomic mass is 19.4. The lowest BCUT2D eigenvalue weighted by atomic mass is 10.2. The third-order valence-corrected chi connectivity index (χ3v) is 2.71. The molecule has 0 spiro atoms. The van der Waals surface area contributed by atoms with Gasteiger partial charge >= 0.3 is 6.36 Å². The molecule has 0 bridgehead atoms. The number of hydrogen-bond donors (Lipinski definition) is 0. The summed E-state index contributed by atoms with van der Waals surface area (Å²) in [6.45, 7) is 1.76. The number of hydrogen-bond acceptors (Lipinski definition) is 2. The second-order valence-corrected chi connectivity index (χ2v) is 4.39. The molecule has 0 aliphatic heterocycles. The van der Waals surface area contributed by atoms with Crippen molar-refractivity contribution in [1.29, 1.82) is 0 Å². The van der Waals surface area contributed by atoms with Crippen LogP contribution in [0.5, 0.6) is 11.5 Å². The summed E-state index contributed by atoms with van der Waals surface area (Å²) in [5, 5.41) is 0. The highest BCUT2D eigenvalue weighted by molar-refractivity contribution is 5.30. The van der Waals surface area contributed by atoms with E-state index in [0.717, 1.165) is 0 Å². The van der Waals surface area contributed by atoms with E-state index in [0.29, 0.717) is 16.9 Å². The predicted molar refractivity (Wildman–Crippen MR) is 68.6 cm³/mol. The average Bonchev–Trinajstić information content (AvgIpc) is 2.40. The van der Waals surface area contributed by atoms with Crippen LogP contribution in [0.1, 0.15) is 11.1 Å². The Morgan fingerprint density at radius 3 is 2.14 bits per heavy atom. The average molecular weight is 300 g/mol. The van der Waals surface area contributed by atoms with Crippen LogP contribution in [-0.4, -0.2) is 6.36 Å². The lowest BCUT2D eigenvalue weighted by Crippen LogP contribution is -2.17. The Morgan fingerprint density at radius 2 is 1.57 bits per heavy atom. The molecule has 0 aliphatic carbocycles. The fourth-order valence-corrected chi connectivity index (χ4v) is 1.62. The van der Waals surface area contributed by atoms with E-state index in [-0.39, 0.29) is 18.2 Å². The first kappa shape index (κ1) is 15.2. The van der Waals surface area contributed by atoms with Crippen molar-refractivity contribution in [2.45, 2.75) is 19.9 Å². The van der Waals surface area contributed by atoms with E-state index < -0.39 is 6.36 Å². The zero-order valence-corrected chi connectivity index (χ0v) is 11.1. The minimum atomic E-state index is -4.71. The van der Waals surface area contributed by atoms with Crippen molar-refractivity contribution < 1.29 is 27.0 Å². The van der Waals surface area contributed by atoms with Crippen molar-refractivity contribution in [3.05, 3.63) is 59.4 Å². The molecule has 0 heterocycles. The molecule has 112 valence electrons. The second kappa shape index (κ2) is 6.03. The van der Waals surface area contributed by atoms with Crippen LogP contribution >= 0.6 is 0 Å². The summed E-state index contributed by atoms with van der Waals surface area (Å²) in [5.74, 6) is -0.317. The summed E-state index contributed by atoms with van der Waals surface area (Å²) in [5.41, 5.74) is 1.15. The topological polar surface area (TPSA) is 18.5 Å². The molecule has 0 radical (unpaired) electrons. The molecule has 0 amide bonds. The summed E-state index contributed by atoms with van der Waals surface area (Å²) in [6.07, 6.45) is -4.71. The molecule has 2 nitrogen and oxygen atoms in total. The fraction of sp³-hybridized carbons (Fsp3) is 0.200. The minimum Gasteiger partial charge on any atom is -0.489 e. The summed E-state index contributed by atoms with van der Waals surface area (Å²) < 4.78 is 58.4. The van der Waals surface area contributed by atoms with Crippen LogP contribution in [0.4, 0.5) is 17.6 Å². The van der Waals surface area contributed by atoms with E-state index in [1.165, 1.54) is 30.3 Å². The fourth-order valence-electron chi connectivity index (χ4n) is 1.62. The van der Waals surface area contributed by atoms with Crippen molar-refractivity contribution in [2.75, 3.05) is 0 Å². The number of rotatable bonds is 4. The summed E-state index contributed by atoms with van der Waals surface area (Å²) in [7, 11) is 0. The molecule has 0 saturated carbocycles. The predicted octanol–water partition coefficient (Wildman–Crippen LogP) is 4.61. The van der Waals surface area contributed by atoms with Gasteiger partial charge in [-0.15, -0.1) is 13.2 Å². The Hall–Kier alpha value is -2.24. The number of halogens is 4. The number of benzene rings is 2. The van der Waals surface area contributed by atoms with Crippen LogP contribution < -0.4 is 9.47 Å². The molecule has 2 aromatic carbocycles. The molecule has 0 unspecified atom stereocenters. The molecule has 2 aromatic rings. The first-order valence-corrected chi connectivity index (χ1v) is 6.07. The number of aryl methyl sites for hydroxylation is 1. The summed E-state index contributed by atoms with van der Waals surface area (Å²) in [6, 6.07) is 9.77. The molecule has 6 heteroatoms. The molecule has 0 aliphatic rings. The Bertz CT molecular complexity index is 606. The summed E-state index contributed by atoms with van der Waals surface area (Å²) in [4.78, 5) is 0. The number of alkyl halides is 3. The van der Waals surface area contributed by atoms with Gasteiger partial charge < -0.3 is 9.47 Å². The SMILES string of the molecule is Cc1ccc(OCc2ccc(OC(F)(F)F)cc2)cc1F. The van der Waals surface area contributed by atoms with Crippen LogP contribution in [0.25, 0.3) is 0 Å². The van der Waals surface area contributed by atoms with Gasteiger partial charge in [0.25, 0.3) is 0 Å². The van der Waals surface area contributed by atoms with Gasteiger partial charge in [-0.05, 0) is 36.2 Å². The molecule has 2 rings (SSSR count). The quantitative estimate of drug-likeness (QED) is 0.768. The normalized spacial score (nSPS) is 11.3. The van der Waals surface area contributed by atoms with Gasteiger partial charge in [0.05, 0.1) is 0 Å².